The van der Waals surface area contributed by atoms with Crippen LogP contribution in [0, 0.1) is 18.6 Å². The number of sulfonamides is 1. The Balaban J connectivity index is 1.63. The average molecular weight is 738 g/mol. The molecule has 1 atom stereocenters. The zero-order valence-electron chi connectivity index (χ0n) is 27.6. The second-order valence-corrected chi connectivity index (χ2v) is 14.1. The maximum atomic E-state index is 14.5. The zero-order chi connectivity index (χ0) is 36.8. The molecule has 13 nitrogen and oxygen atoms in total. The molecule has 0 aliphatic carbocycles. The Morgan fingerprint density at radius 2 is 1.73 bits per heavy atom. The van der Waals surface area contributed by atoms with Gasteiger partial charge in [-0.3, -0.25) is 14.0 Å². The molecule has 6 rings (SSSR count). The first-order valence-electron chi connectivity index (χ1n) is 15.3. The minimum atomic E-state index is -3.98. The monoisotopic (exact) mass is 737 g/mol. The molecule has 264 valence electrons. The lowest BCUT2D eigenvalue weighted by Gasteiger charge is -2.23. The third-order valence-electron chi connectivity index (χ3n) is 8.13. The van der Waals surface area contributed by atoms with Crippen molar-refractivity contribution in [2.24, 2.45) is 7.05 Å². The molecule has 0 aliphatic heterocycles. The fourth-order valence-electron chi connectivity index (χ4n) is 5.90. The summed E-state index contributed by atoms with van der Waals surface area (Å²) < 4.78 is 63.9. The molecule has 2 N–H and O–H groups in total. The molecule has 51 heavy (non-hydrogen) atoms. The maximum absolute atomic E-state index is 14.5. The van der Waals surface area contributed by atoms with E-state index in [2.05, 4.69) is 20.4 Å². The van der Waals surface area contributed by atoms with E-state index in [4.69, 9.17) is 16.3 Å². The molecule has 3 aromatic heterocycles. The molecule has 0 radical (unpaired) electrons. The zero-order valence-corrected chi connectivity index (χ0v) is 29.1. The number of anilines is 1. The minimum absolute atomic E-state index is 0.00695. The van der Waals surface area contributed by atoms with Crippen LogP contribution in [0.3, 0.4) is 0 Å². The number of fused-ring (bicyclic) bond motifs is 2. The van der Waals surface area contributed by atoms with Crippen LogP contribution in [0.2, 0.25) is 5.02 Å². The van der Waals surface area contributed by atoms with Crippen LogP contribution >= 0.6 is 11.6 Å². The van der Waals surface area contributed by atoms with E-state index in [1.165, 1.54) is 37.0 Å². The molecule has 3 aromatic carbocycles. The van der Waals surface area contributed by atoms with E-state index in [0.717, 1.165) is 27.3 Å². The van der Waals surface area contributed by atoms with Crippen molar-refractivity contribution in [1.29, 1.82) is 0 Å². The first-order valence-corrected chi connectivity index (χ1v) is 17.5. The van der Waals surface area contributed by atoms with Crippen molar-refractivity contribution in [3.8, 4) is 11.4 Å². The number of rotatable bonds is 10. The van der Waals surface area contributed by atoms with Gasteiger partial charge in [0, 0.05) is 25.2 Å². The van der Waals surface area contributed by atoms with Gasteiger partial charge < -0.3 is 15.2 Å². The Labute approximate surface area is 294 Å². The van der Waals surface area contributed by atoms with Crippen LogP contribution in [0.1, 0.15) is 28.7 Å². The van der Waals surface area contributed by atoms with Crippen molar-refractivity contribution in [1.82, 2.24) is 29.6 Å². The minimum Gasteiger partial charge on any atom is -0.497 e. The molecule has 17 heteroatoms. The number of nitrogens with zero attached hydrogens (tertiary/aromatic N) is 6. The van der Waals surface area contributed by atoms with Gasteiger partial charge in [-0.15, -0.1) is 0 Å². The Hall–Kier alpha value is -5.61. The van der Waals surface area contributed by atoms with Crippen molar-refractivity contribution >= 4 is 55.5 Å². The Morgan fingerprint density at radius 1 is 1.04 bits per heavy atom. The predicted molar refractivity (Wildman–Crippen MR) is 187 cm³/mol. The van der Waals surface area contributed by atoms with E-state index >= 15 is 0 Å². The first kappa shape index (κ1) is 35.2. The van der Waals surface area contributed by atoms with Crippen LogP contribution in [-0.4, -0.2) is 57.3 Å². The lowest BCUT2D eigenvalue weighted by atomic mass is 10.0. The lowest BCUT2D eigenvalue weighted by Crippen LogP contribution is -2.35. The summed E-state index contributed by atoms with van der Waals surface area (Å²) in [5, 5.41) is 17.1. The molecule has 0 unspecified atom stereocenters. The number of hydrogen-bond acceptors (Lipinski definition) is 8. The Kier molecular flexibility index (Phi) is 9.39. The average Bonchev–Trinajstić information content (AvgIpc) is 3.40. The number of carboxylic acid groups (broad SMARTS) is 1. The topological polar surface area (TPSA) is 162 Å². The molecule has 0 aliphatic rings. The van der Waals surface area contributed by atoms with Crippen LogP contribution in [0.25, 0.3) is 27.6 Å². The third-order valence-corrected chi connectivity index (χ3v) is 9.55. The Morgan fingerprint density at radius 3 is 2.35 bits per heavy atom. The van der Waals surface area contributed by atoms with Crippen molar-refractivity contribution in [3.63, 3.8) is 0 Å². The normalized spacial score (nSPS) is 12.3. The molecule has 0 saturated heterocycles. The van der Waals surface area contributed by atoms with Crippen LogP contribution in [0.4, 0.5) is 19.4 Å². The summed E-state index contributed by atoms with van der Waals surface area (Å²) in [4.78, 5) is 35.6. The highest BCUT2D eigenvalue weighted by molar-refractivity contribution is 7.92. The Bertz CT molecular complexity index is 2490. The standard InChI is InChI=1S/C34H30ClF2N7O6S/c1-18-5-10-24-30(38-18)40-31(26(39-34(46)47)15-20-13-21(36)16-22(37)14-20)44(33(24)45)27-12-11-25(35)28-29(27)42(2)41-32(28)43(51(4,48)49)17-19-6-8-23(50-3)9-7-19/h5-14,16,26,39H,15,17H2,1-4H3,(H,46,47)/t26-/m0/s1. The van der Waals surface area contributed by atoms with Gasteiger partial charge in [0.05, 0.1) is 53.0 Å². The number of aryl methyl sites for hydroxylation is 2. The van der Waals surface area contributed by atoms with E-state index in [1.54, 1.807) is 37.3 Å². The van der Waals surface area contributed by atoms with Gasteiger partial charge in [-0.25, -0.2) is 36.3 Å². The quantitative estimate of drug-likeness (QED) is 0.187. The van der Waals surface area contributed by atoms with Crippen molar-refractivity contribution in [3.05, 3.63) is 116 Å². The molecule has 3 heterocycles. The van der Waals surface area contributed by atoms with E-state index in [0.29, 0.717) is 23.1 Å². The van der Waals surface area contributed by atoms with Gasteiger partial charge in [-0.05, 0) is 66.6 Å². The first-order chi connectivity index (χ1) is 24.1. The number of halogens is 3. The fraction of sp³-hybridized carbons (Fsp3) is 0.206. The van der Waals surface area contributed by atoms with Gasteiger partial charge >= 0.3 is 6.09 Å². The summed E-state index contributed by atoms with van der Waals surface area (Å²) in [5.41, 5.74) is 0.889. The van der Waals surface area contributed by atoms with Gasteiger partial charge in [0.2, 0.25) is 10.0 Å². The predicted octanol–water partition coefficient (Wildman–Crippen LogP) is 5.43. The summed E-state index contributed by atoms with van der Waals surface area (Å²) in [7, 11) is -0.934. The smallest absolute Gasteiger partial charge is 0.405 e. The van der Waals surface area contributed by atoms with Crippen LogP contribution < -0.4 is 19.9 Å². The number of aromatic nitrogens is 5. The highest BCUT2D eigenvalue weighted by atomic mass is 35.5. The van der Waals surface area contributed by atoms with Gasteiger partial charge in [-0.2, -0.15) is 5.10 Å². The number of benzene rings is 3. The lowest BCUT2D eigenvalue weighted by molar-refractivity contribution is 0.189. The van der Waals surface area contributed by atoms with Gasteiger partial charge in [-0.1, -0.05) is 23.7 Å². The maximum Gasteiger partial charge on any atom is 0.405 e. The number of amides is 1. The summed E-state index contributed by atoms with van der Waals surface area (Å²) in [6.45, 7) is 1.56. The van der Waals surface area contributed by atoms with E-state index in [9.17, 15) is 31.9 Å². The molecule has 0 bridgehead atoms. The summed E-state index contributed by atoms with van der Waals surface area (Å²) in [6, 6.07) is 14.3. The summed E-state index contributed by atoms with van der Waals surface area (Å²) in [6.07, 6.45) is -0.792. The number of ether oxygens (including phenoxy) is 1. The van der Waals surface area contributed by atoms with E-state index in [1.807, 2.05) is 0 Å². The largest absolute Gasteiger partial charge is 0.497 e. The molecule has 0 spiro atoms. The van der Waals surface area contributed by atoms with Crippen molar-refractivity contribution in [2.45, 2.75) is 25.9 Å². The second kappa shape index (κ2) is 13.6. The molecular formula is C34H30ClF2N7O6S. The van der Waals surface area contributed by atoms with Gasteiger partial charge in [0.1, 0.15) is 23.2 Å². The van der Waals surface area contributed by atoms with Crippen molar-refractivity contribution in [2.75, 3.05) is 17.7 Å². The van der Waals surface area contributed by atoms with Gasteiger partial charge in [0.25, 0.3) is 5.56 Å². The van der Waals surface area contributed by atoms with Crippen LogP contribution in [-0.2, 0) is 30.0 Å². The molecule has 6 aromatic rings. The highest BCUT2D eigenvalue weighted by Crippen LogP contribution is 2.38. The van der Waals surface area contributed by atoms with E-state index < -0.39 is 39.4 Å². The van der Waals surface area contributed by atoms with Crippen LogP contribution in [0.15, 0.2) is 71.5 Å². The number of carbonyl (C=O) groups is 1. The molecular weight excluding hydrogens is 708 g/mol. The van der Waals surface area contributed by atoms with Gasteiger partial charge in [0.15, 0.2) is 11.5 Å². The SMILES string of the molecule is COc1ccc(CN(c2nn(C)c3c(-n4c([C@H](Cc5cc(F)cc(F)c5)NC(=O)O)nc5nc(C)ccc5c4=O)ccc(Cl)c23)S(C)(=O)=O)cc1. The molecule has 0 saturated carbocycles. The van der Waals surface area contributed by atoms with Crippen molar-refractivity contribution < 1.29 is 31.8 Å². The summed E-state index contributed by atoms with van der Waals surface area (Å²) in [5.74, 6) is -1.38. The van der Waals surface area contributed by atoms with E-state index in [-0.39, 0.29) is 62.8 Å². The highest BCUT2D eigenvalue weighted by Gasteiger charge is 2.30. The number of methoxy groups -OCH3 is 1. The fourth-order valence-corrected chi connectivity index (χ4v) is 6.97. The third kappa shape index (κ3) is 7.05. The molecule has 0 fully saturated rings. The number of pyridine rings is 1. The second-order valence-electron chi connectivity index (χ2n) is 11.8. The summed E-state index contributed by atoms with van der Waals surface area (Å²) >= 11 is 6.77. The van der Waals surface area contributed by atoms with Crippen LogP contribution in [0.5, 0.6) is 5.75 Å². The number of nitrogens with one attached hydrogen (secondary N) is 1. The number of hydrogen-bond donors (Lipinski definition) is 2. The molecule has 1 amide bonds.